The molecule has 12 nitrogen and oxygen atoms in total. The van der Waals surface area contributed by atoms with Crippen LogP contribution in [0.5, 0.6) is 0 Å². The first-order valence-electron chi connectivity index (χ1n) is 33.0. The van der Waals surface area contributed by atoms with Crippen LogP contribution in [0.3, 0.4) is 0 Å². The van der Waals surface area contributed by atoms with Gasteiger partial charge >= 0.3 is 0 Å². The third-order valence-corrected chi connectivity index (χ3v) is 18.3. The van der Waals surface area contributed by atoms with Gasteiger partial charge in [0.15, 0.2) is 58.1 Å². The summed E-state index contributed by atoms with van der Waals surface area (Å²) in [6.07, 6.45) is 0. The highest BCUT2D eigenvalue weighted by atomic mass is 15.1. The average Bonchev–Trinajstić information content (AvgIpc) is 1.56. The molecule has 13 aromatic carbocycles. The van der Waals surface area contributed by atoms with E-state index >= 15 is 0 Å². The molecule has 0 radical (unpaired) electrons. The predicted octanol–water partition coefficient (Wildman–Crippen LogP) is 21.3. The lowest BCUT2D eigenvalue weighted by Gasteiger charge is -2.20. The molecule has 0 unspecified atom stereocenters. The number of hydrogen-bond acceptors (Lipinski definition) is 9. The normalized spacial score (nSPS) is 11.4. The molecule has 12 heteroatoms. The first kappa shape index (κ1) is 58.5. The molecule has 18 rings (SSSR count). The molecule has 100 heavy (non-hydrogen) atoms. The summed E-state index contributed by atoms with van der Waals surface area (Å²) in [5, 5.41) is 4.13. The van der Waals surface area contributed by atoms with Crippen molar-refractivity contribution in [2.45, 2.75) is 0 Å². The minimum absolute atomic E-state index is 0.513. The van der Waals surface area contributed by atoms with Crippen LogP contribution in [0.15, 0.2) is 328 Å². The number of para-hydroxylation sites is 3. The van der Waals surface area contributed by atoms with Crippen molar-refractivity contribution >= 4 is 49.3 Å². The molecule has 0 fully saturated rings. The van der Waals surface area contributed by atoms with Crippen LogP contribution in [0.1, 0.15) is 0 Å². The van der Waals surface area contributed by atoms with Crippen LogP contribution < -0.4 is 0 Å². The lowest BCUT2D eigenvalue weighted by atomic mass is 9.94. The number of aromatic nitrogens is 11. The van der Waals surface area contributed by atoms with Crippen LogP contribution in [0.4, 0.5) is 5.69 Å². The van der Waals surface area contributed by atoms with Crippen molar-refractivity contribution in [1.29, 1.82) is 0 Å². The summed E-state index contributed by atoms with van der Waals surface area (Å²) in [6, 6.07) is 111. The van der Waals surface area contributed by atoms with Crippen LogP contribution >= 0.6 is 0 Å². The van der Waals surface area contributed by atoms with Crippen LogP contribution in [0.2, 0.25) is 0 Å². The molecular formula is C88H54N12. The molecule has 0 aliphatic rings. The lowest BCUT2D eigenvalue weighted by molar-refractivity contribution is 1.07. The van der Waals surface area contributed by atoms with E-state index in [1.54, 1.807) is 0 Å². The van der Waals surface area contributed by atoms with Gasteiger partial charge in [0.05, 0.1) is 40.0 Å². The molecule has 18 aromatic rings. The molecule has 0 aliphatic carbocycles. The van der Waals surface area contributed by atoms with Crippen molar-refractivity contribution < 1.29 is 0 Å². The molecule has 466 valence electrons. The Kier molecular flexibility index (Phi) is 14.6. The predicted molar refractivity (Wildman–Crippen MR) is 401 cm³/mol. The minimum Gasteiger partial charge on any atom is -0.309 e. The fourth-order valence-corrected chi connectivity index (χ4v) is 13.6. The third-order valence-electron chi connectivity index (χ3n) is 18.3. The van der Waals surface area contributed by atoms with Crippen molar-refractivity contribution in [2.24, 2.45) is 0 Å². The Morgan fingerprint density at radius 3 is 0.840 bits per heavy atom. The molecule has 0 bridgehead atoms. The van der Waals surface area contributed by atoms with Crippen molar-refractivity contribution in [3.8, 4) is 136 Å². The molecule has 0 spiro atoms. The van der Waals surface area contributed by atoms with Crippen LogP contribution in [-0.2, 0) is 0 Å². The molecule has 0 N–H and O–H groups in total. The second-order valence-corrected chi connectivity index (χ2v) is 24.4. The number of nitrogens with zero attached hydrogens (tertiary/aromatic N) is 12. The van der Waals surface area contributed by atoms with Crippen molar-refractivity contribution in [1.82, 2.24) is 54.0 Å². The Balaban J connectivity index is 0.858. The molecule has 5 aromatic heterocycles. The van der Waals surface area contributed by atoms with Gasteiger partial charge in [-0.25, -0.2) is 49.7 Å². The van der Waals surface area contributed by atoms with Gasteiger partial charge in [-0.3, -0.25) is 0 Å². The van der Waals surface area contributed by atoms with Crippen LogP contribution in [0, 0.1) is 6.57 Å². The summed E-state index contributed by atoms with van der Waals surface area (Å²) in [4.78, 5) is 50.5. The highest BCUT2D eigenvalue weighted by Crippen LogP contribution is 2.45. The smallest absolute Gasteiger partial charge is 0.194 e. The monoisotopic (exact) mass is 1280 g/mol. The SMILES string of the molecule is [C-]#[N+]c1ccccc1-c1cc(-c2cc(-c3nc(-c4ccccc4)nc(-c4ccccc4)n3)ccc2-n2c3ccccc3c3cc(-c4nc(-c5ccccc5)nc(-c5ccccc5)n4)ccc32)ccc1-n1c2ccccc2c2cc(-c3nc(-c4ccccc4)nc(-c4ccccc4)n3)ccc21. The topological polar surface area (TPSA) is 130 Å². The summed E-state index contributed by atoms with van der Waals surface area (Å²) in [6.45, 7) is 8.71. The van der Waals surface area contributed by atoms with Gasteiger partial charge in [-0.15, -0.1) is 0 Å². The highest BCUT2D eigenvalue weighted by Gasteiger charge is 2.25. The van der Waals surface area contributed by atoms with Crippen molar-refractivity contribution in [2.75, 3.05) is 0 Å². The second kappa shape index (κ2) is 25.0. The Hall–Kier alpha value is -14.0. The van der Waals surface area contributed by atoms with Gasteiger partial charge in [-0.2, -0.15) is 0 Å². The highest BCUT2D eigenvalue weighted by molar-refractivity contribution is 6.13. The van der Waals surface area contributed by atoms with Crippen molar-refractivity contribution in [3.05, 3.63) is 339 Å². The molecule has 0 saturated carbocycles. The largest absolute Gasteiger partial charge is 0.309 e. The number of rotatable bonds is 13. The van der Waals surface area contributed by atoms with Crippen LogP contribution in [0.25, 0.3) is 185 Å². The zero-order valence-electron chi connectivity index (χ0n) is 53.5. The first-order chi connectivity index (χ1) is 49.5. The quantitative estimate of drug-likeness (QED) is 0.104. The Labute approximate surface area is 575 Å². The van der Waals surface area contributed by atoms with Gasteiger partial charge in [0.25, 0.3) is 0 Å². The van der Waals surface area contributed by atoms with Crippen molar-refractivity contribution in [3.63, 3.8) is 0 Å². The standard InChI is InChI=1S/C88H54N12/c1-89-73-41-23-20-38-66(73)70-52-62(44-48-77(70)100-75-43-25-22-40-68(75)72-55-65(47-51-79(72)100)88-97-84(60-34-16-6-17-35-60)92-85(98-88)61-36-18-7-19-37-61)69-53-63(86-93-80(56-26-8-2-9-27-56)90-81(94-86)57-28-10-3-11-29-57)45-49-76(69)99-74-42-24-21-39-67(74)71-54-64(46-50-78(71)99)87-95-82(58-30-12-4-13-31-58)91-83(96-87)59-32-14-5-15-33-59/h2-55H. The van der Waals surface area contributed by atoms with E-state index in [9.17, 15) is 0 Å². The number of benzene rings is 13. The summed E-state index contributed by atoms with van der Waals surface area (Å²) in [5.74, 6) is 5.10. The number of hydrogen-bond donors (Lipinski definition) is 0. The van der Waals surface area contributed by atoms with Gasteiger partial charge in [0, 0.05) is 77.2 Å². The maximum absolute atomic E-state index is 8.71. The summed E-state index contributed by atoms with van der Waals surface area (Å²) < 4.78 is 4.68. The van der Waals surface area contributed by atoms with Gasteiger partial charge in [-0.05, 0) is 95.6 Å². The van der Waals surface area contributed by atoms with Gasteiger partial charge in [-0.1, -0.05) is 249 Å². The molecule has 0 saturated heterocycles. The molecule has 5 heterocycles. The Morgan fingerprint density at radius 2 is 0.470 bits per heavy atom. The number of fused-ring (bicyclic) bond motifs is 6. The van der Waals surface area contributed by atoms with E-state index in [4.69, 9.17) is 51.4 Å². The van der Waals surface area contributed by atoms with E-state index in [2.05, 4.69) is 141 Å². The third kappa shape index (κ3) is 10.7. The zero-order valence-corrected chi connectivity index (χ0v) is 53.5. The Morgan fingerprint density at radius 1 is 0.200 bits per heavy atom. The minimum atomic E-state index is 0.513. The lowest BCUT2D eigenvalue weighted by Crippen LogP contribution is -2.03. The fourth-order valence-electron chi connectivity index (χ4n) is 13.6. The average molecular weight is 1280 g/mol. The van der Waals surface area contributed by atoms with Gasteiger partial charge in [0.2, 0.25) is 0 Å². The summed E-state index contributed by atoms with van der Waals surface area (Å²) >= 11 is 0. The second-order valence-electron chi connectivity index (χ2n) is 24.4. The maximum Gasteiger partial charge on any atom is 0.194 e. The summed E-state index contributed by atoms with van der Waals surface area (Å²) in [7, 11) is 0. The molecular weight excluding hydrogens is 1230 g/mol. The fraction of sp³-hybridized carbons (Fsp3) is 0. The van der Waals surface area contributed by atoms with E-state index in [1.807, 2.05) is 200 Å². The van der Waals surface area contributed by atoms with E-state index in [-0.39, 0.29) is 0 Å². The van der Waals surface area contributed by atoms with E-state index in [0.29, 0.717) is 58.1 Å². The summed E-state index contributed by atoms with van der Waals surface area (Å²) in [5.41, 5.74) is 17.5. The van der Waals surface area contributed by atoms with Gasteiger partial charge in [0.1, 0.15) is 0 Å². The molecule has 0 atom stereocenters. The van der Waals surface area contributed by atoms with E-state index in [1.165, 1.54) is 0 Å². The van der Waals surface area contributed by atoms with E-state index < -0.39 is 0 Å². The van der Waals surface area contributed by atoms with E-state index in [0.717, 1.165) is 127 Å². The molecule has 0 aliphatic heterocycles. The van der Waals surface area contributed by atoms with Crippen LogP contribution in [-0.4, -0.2) is 54.0 Å². The molecule has 0 amide bonds. The zero-order chi connectivity index (χ0) is 66.5. The van der Waals surface area contributed by atoms with Gasteiger partial charge < -0.3 is 9.13 Å². The maximum atomic E-state index is 8.71. The Bertz CT molecular complexity index is 6040. The first-order valence-corrected chi connectivity index (χ1v) is 33.0.